The fourth-order valence-electron chi connectivity index (χ4n) is 10.2. The van der Waals surface area contributed by atoms with Gasteiger partial charge in [-0.2, -0.15) is 0 Å². The maximum Gasteiger partial charge on any atom is 0.136 e. The molecule has 3 rings (SSSR count). The topological polar surface area (TPSA) is 17.1 Å². The van der Waals surface area contributed by atoms with Gasteiger partial charge < -0.3 is 0 Å². The molecule has 3 aliphatic rings. The Labute approximate surface area is 289 Å². The molecule has 0 N–H and O–H groups in total. The molecule has 266 valence electrons. The minimum absolute atomic E-state index is 0.362. The van der Waals surface area contributed by atoms with Gasteiger partial charge >= 0.3 is 0 Å². The summed E-state index contributed by atoms with van der Waals surface area (Å²) in [5.41, 5.74) is 2.94. The maximum absolute atomic E-state index is 13.6. The van der Waals surface area contributed by atoms with Gasteiger partial charge in [0.2, 0.25) is 0 Å². The van der Waals surface area contributed by atoms with Crippen molar-refractivity contribution in [3.63, 3.8) is 0 Å². The van der Waals surface area contributed by atoms with Crippen molar-refractivity contribution in [3.05, 3.63) is 24.3 Å². The summed E-state index contributed by atoms with van der Waals surface area (Å²) in [6, 6.07) is 0. The lowest BCUT2D eigenvalue weighted by Crippen LogP contribution is -2.32. The zero-order valence-corrected chi connectivity index (χ0v) is 32.2. The average Bonchev–Trinajstić information content (AvgIpc) is 3.04. The van der Waals surface area contributed by atoms with Crippen molar-refractivity contribution in [3.8, 4) is 0 Å². The Bertz CT molecular complexity index is 885. The Kier molecular flexibility index (Phi) is 17.7. The third-order valence-electron chi connectivity index (χ3n) is 13.8. The molecule has 3 aliphatic carbocycles. The van der Waals surface area contributed by atoms with E-state index in [0.29, 0.717) is 35.4 Å². The number of hydrogen-bond donors (Lipinski definition) is 0. The molecule has 3 saturated carbocycles. The Morgan fingerprint density at radius 3 is 1.98 bits per heavy atom. The van der Waals surface area contributed by atoms with Crippen LogP contribution in [0.1, 0.15) is 190 Å². The first-order valence-corrected chi connectivity index (χ1v) is 20.9. The lowest BCUT2D eigenvalue weighted by atomic mass is 9.63. The summed E-state index contributed by atoms with van der Waals surface area (Å²) in [5, 5.41) is 0. The molecule has 7 unspecified atom stereocenters. The average molecular weight is 637 g/mol. The van der Waals surface area contributed by atoms with E-state index in [-0.39, 0.29) is 0 Å². The van der Waals surface area contributed by atoms with Crippen molar-refractivity contribution < 1.29 is 4.79 Å². The van der Waals surface area contributed by atoms with Crippen molar-refractivity contribution in [1.29, 1.82) is 0 Å². The van der Waals surface area contributed by atoms with E-state index >= 15 is 0 Å². The standard InChI is InChI=1S/C45H80O/c1-10-33(4)25-36(7)38(9)44(30-39-20-13-11-14-21-39)43-27-34(5)26-40(29-43)28-37(8)42(24-18-17-19-35(6)32(2)3)31-45(46)41-22-15-12-16-23-41/h32,34-37,39-44H,4,9-31H2,1-3,5-8H3/t34?,35?,36?,37?,40?,42?,43?,44-/m0/s1. The van der Waals surface area contributed by atoms with Gasteiger partial charge in [0.1, 0.15) is 5.78 Å². The first-order valence-electron chi connectivity index (χ1n) is 20.9. The summed E-state index contributed by atoms with van der Waals surface area (Å²) in [7, 11) is 0. The molecule has 0 aromatic carbocycles. The molecule has 0 amide bonds. The molecule has 1 heteroatoms. The van der Waals surface area contributed by atoms with E-state index in [1.54, 1.807) is 5.57 Å². The van der Waals surface area contributed by atoms with E-state index in [0.717, 1.165) is 67.6 Å². The predicted octanol–water partition coefficient (Wildman–Crippen LogP) is 14.2. The van der Waals surface area contributed by atoms with Gasteiger partial charge in [-0.15, -0.1) is 0 Å². The van der Waals surface area contributed by atoms with E-state index in [1.165, 1.54) is 115 Å². The van der Waals surface area contributed by atoms with Crippen molar-refractivity contribution in [2.24, 2.45) is 65.1 Å². The zero-order valence-electron chi connectivity index (χ0n) is 32.2. The lowest BCUT2D eigenvalue weighted by molar-refractivity contribution is -0.125. The van der Waals surface area contributed by atoms with Gasteiger partial charge in [0.05, 0.1) is 0 Å². The van der Waals surface area contributed by atoms with Crippen LogP contribution in [0.15, 0.2) is 24.3 Å². The molecule has 0 radical (unpaired) electrons. The van der Waals surface area contributed by atoms with Crippen LogP contribution in [0.3, 0.4) is 0 Å². The van der Waals surface area contributed by atoms with E-state index in [2.05, 4.69) is 55.0 Å². The van der Waals surface area contributed by atoms with Gasteiger partial charge in [-0.05, 0) is 123 Å². The Morgan fingerprint density at radius 1 is 0.717 bits per heavy atom. The molecule has 0 heterocycles. The second kappa shape index (κ2) is 20.6. The third-order valence-corrected chi connectivity index (χ3v) is 13.8. The zero-order chi connectivity index (χ0) is 33.6. The van der Waals surface area contributed by atoms with Crippen LogP contribution in [0.2, 0.25) is 0 Å². The fourth-order valence-corrected chi connectivity index (χ4v) is 10.2. The first-order chi connectivity index (χ1) is 22.0. The van der Waals surface area contributed by atoms with E-state index in [9.17, 15) is 4.79 Å². The van der Waals surface area contributed by atoms with Crippen LogP contribution >= 0.6 is 0 Å². The summed E-state index contributed by atoms with van der Waals surface area (Å²) >= 11 is 0. The molecule has 0 spiro atoms. The van der Waals surface area contributed by atoms with Crippen LogP contribution in [0.25, 0.3) is 0 Å². The molecule has 8 atom stereocenters. The Hall–Kier alpha value is -0.850. The third kappa shape index (κ3) is 13.2. The van der Waals surface area contributed by atoms with Crippen molar-refractivity contribution in [2.45, 2.75) is 190 Å². The van der Waals surface area contributed by atoms with Crippen LogP contribution in [-0.2, 0) is 4.79 Å². The highest BCUT2D eigenvalue weighted by atomic mass is 16.1. The lowest BCUT2D eigenvalue weighted by Gasteiger charge is -2.42. The molecule has 0 saturated heterocycles. The fraction of sp³-hybridized carbons (Fsp3) is 0.889. The number of unbranched alkanes of at least 4 members (excludes halogenated alkanes) is 1. The van der Waals surface area contributed by atoms with Gasteiger partial charge in [0.15, 0.2) is 0 Å². The predicted molar refractivity (Wildman–Crippen MR) is 203 cm³/mol. The number of ketones is 1. The number of hydrogen-bond acceptors (Lipinski definition) is 1. The highest BCUT2D eigenvalue weighted by Gasteiger charge is 2.37. The summed E-state index contributed by atoms with van der Waals surface area (Å²) in [6.45, 7) is 26.2. The monoisotopic (exact) mass is 637 g/mol. The quantitative estimate of drug-likeness (QED) is 0.0960. The highest BCUT2D eigenvalue weighted by Crippen LogP contribution is 2.47. The molecule has 0 bridgehead atoms. The van der Waals surface area contributed by atoms with E-state index in [1.807, 2.05) is 0 Å². The molecule has 46 heavy (non-hydrogen) atoms. The molecule has 0 aliphatic heterocycles. The van der Waals surface area contributed by atoms with Crippen LogP contribution < -0.4 is 0 Å². The van der Waals surface area contributed by atoms with Crippen LogP contribution in [0.4, 0.5) is 0 Å². The van der Waals surface area contributed by atoms with Crippen LogP contribution in [0, 0.1) is 65.1 Å². The van der Waals surface area contributed by atoms with Gasteiger partial charge in [-0.3, -0.25) is 4.79 Å². The molecule has 0 aromatic heterocycles. The number of Topliss-reactive ketones (excluding diaryl/α,β-unsaturated/α-hetero) is 1. The largest absolute Gasteiger partial charge is 0.299 e. The van der Waals surface area contributed by atoms with Crippen molar-refractivity contribution >= 4 is 5.78 Å². The molecule has 0 aromatic rings. The highest BCUT2D eigenvalue weighted by molar-refractivity contribution is 5.81. The van der Waals surface area contributed by atoms with Crippen LogP contribution in [0.5, 0.6) is 0 Å². The molecule has 3 fully saturated rings. The van der Waals surface area contributed by atoms with Crippen LogP contribution in [-0.4, -0.2) is 5.78 Å². The first kappa shape index (κ1) is 39.6. The smallest absolute Gasteiger partial charge is 0.136 e. The number of allylic oxidation sites excluding steroid dienone is 2. The summed E-state index contributed by atoms with van der Waals surface area (Å²) in [5.74, 6) is 8.30. The molecule has 1 nitrogen and oxygen atoms in total. The summed E-state index contributed by atoms with van der Waals surface area (Å²) < 4.78 is 0. The van der Waals surface area contributed by atoms with Gasteiger partial charge in [-0.25, -0.2) is 0 Å². The summed E-state index contributed by atoms with van der Waals surface area (Å²) in [6.07, 6.45) is 28.6. The molecular formula is C45H80O. The van der Waals surface area contributed by atoms with Crippen molar-refractivity contribution in [2.75, 3.05) is 0 Å². The molecular weight excluding hydrogens is 556 g/mol. The Morgan fingerprint density at radius 2 is 1.35 bits per heavy atom. The normalized spacial score (nSPS) is 26.7. The van der Waals surface area contributed by atoms with Gasteiger partial charge in [0.25, 0.3) is 0 Å². The second-order valence-corrected chi connectivity index (χ2v) is 18.1. The number of carbonyl (C=O) groups excluding carboxylic acids is 1. The Balaban J connectivity index is 1.70. The minimum Gasteiger partial charge on any atom is -0.299 e. The van der Waals surface area contributed by atoms with Gasteiger partial charge in [-0.1, -0.05) is 143 Å². The van der Waals surface area contributed by atoms with E-state index in [4.69, 9.17) is 6.58 Å². The van der Waals surface area contributed by atoms with E-state index < -0.39 is 0 Å². The SMILES string of the molecule is C=C(CC)CC(C)C(=C)[C@H](CC1CCCCC1)C1CC(C)CC(CC(C)C(CCCCC(C)C(C)C)CC(=O)C2CCCCC2)C1. The second-order valence-electron chi connectivity index (χ2n) is 18.1. The number of rotatable bonds is 20. The van der Waals surface area contributed by atoms with Crippen molar-refractivity contribution in [1.82, 2.24) is 0 Å². The minimum atomic E-state index is 0.362. The van der Waals surface area contributed by atoms with Gasteiger partial charge in [0, 0.05) is 12.3 Å². The summed E-state index contributed by atoms with van der Waals surface area (Å²) in [4.78, 5) is 13.6. The maximum atomic E-state index is 13.6. The number of carbonyl (C=O) groups is 1.